The van der Waals surface area contributed by atoms with Crippen molar-refractivity contribution in [2.75, 3.05) is 6.54 Å². The van der Waals surface area contributed by atoms with Gasteiger partial charge in [-0.25, -0.2) is 0 Å². The Morgan fingerprint density at radius 2 is 0.500 bits per heavy atom. The lowest BCUT2D eigenvalue weighted by Crippen LogP contribution is -2.57. The Bertz CT molecular complexity index is 1280. The molecule has 0 amide bonds. The number of hydrogen-bond donors (Lipinski definition) is 2. The van der Waals surface area contributed by atoms with E-state index in [9.17, 15) is 0 Å². The minimum Gasteiger partial charge on any atom is -0.331 e. The van der Waals surface area contributed by atoms with Crippen molar-refractivity contribution in [2.24, 2.45) is 5.73 Å². The molecule has 0 saturated carbocycles. The molecule has 0 bridgehead atoms. The molecule has 0 aliphatic rings. The van der Waals surface area contributed by atoms with E-state index in [1.165, 1.54) is 33.4 Å². The lowest BCUT2D eigenvalue weighted by molar-refractivity contribution is 0.354. The smallest absolute Gasteiger partial charge is 0.0959 e. The first-order chi connectivity index (χ1) is 20.8. The molecule has 0 radical (unpaired) electrons. The van der Waals surface area contributed by atoms with Crippen molar-refractivity contribution >= 4 is 0 Å². The molecule has 0 spiro atoms. The first-order valence-electron chi connectivity index (χ1n) is 14.6. The van der Waals surface area contributed by atoms with Gasteiger partial charge in [0.05, 0.1) is 11.1 Å². The molecular formula is C40H38N2. The van der Waals surface area contributed by atoms with Crippen LogP contribution >= 0.6 is 0 Å². The molecule has 2 nitrogen and oxygen atoms in total. The summed E-state index contributed by atoms with van der Waals surface area (Å²) >= 11 is 0. The zero-order valence-corrected chi connectivity index (χ0v) is 24.1. The molecule has 0 aromatic heterocycles. The molecule has 0 atom stereocenters. The van der Waals surface area contributed by atoms with Crippen molar-refractivity contribution in [2.45, 2.75) is 18.0 Å². The van der Waals surface area contributed by atoms with Gasteiger partial charge in [-0.3, -0.25) is 5.32 Å². The average Bonchev–Trinajstić information content (AvgIpc) is 3.08. The van der Waals surface area contributed by atoms with Crippen LogP contribution in [0, 0.1) is 0 Å². The van der Waals surface area contributed by atoms with Gasteiger partial charge in [-0.2, -0.15) is 0 Å². The van der Waals surface area contributed by atoms with Crippen LogP contribution in [-0.2, 0) is 11.1 Å². The number of benzene rings is 6. The van der Waals surface area contributed by atoms with E-state index < -0.39 is 11.1 Å². The Labute approximate surface area is 250 Å². The summed E-state index contributed by atoms with van der Waals surface area (Å²) < 4.78 is 0. The monoisotopic (exact) mass is 546 g/mol. The molecule has 6 aromatic rings. The third-order valence-electron chi connectivity index (χ3n) is 7.62. The van der Waals surface area contributed by atoms with E-state index in [1.807, 2.05) is 6.92 Å². The Morgan fingerprint density at radius 1 is 0.357 bits per heavy atom. The molecule has 0 heterocycles. The summed E-state index contributed by atoms with van der Waals surface area (Å²) in [6.07, 6.45) is 0. The van der Waals surface area contributed by atoms with Gasteiger partial charge in [0.25, 0.3) is 0 Å². The quantitative estimate of drug-likeness (QED) is 0.188. The van der Waals surface area contributed by atoms with Gasteiger partial charge in [-0.05, 0) is 39.9 Å². The van der Waals surface area contributed by atoms with Gasteiger partial charge < -0.3 is 5.73 Å². The summed E-state index contributed by atoms with van der Waals surface area (Å²) in [5, 5.41) is 4.38. The van der Waals surface area contributed by atoms with Crippen LogP contribution in [0.5, 0.6) is 0 Å². The van der Waals surface area contributed by atoms with Gasteiger partial charge in [0.2, 0.25) is 0 Å². The summed E-state index contributed by atoms with van der Waals surface area (Å²) in [5.41, 5.74) is 10.5. The fourth-order valence-corrected chi connectivity index (χ4v) is 5.84. The fraction of sp³-hybridized carbons (Fsp3) is 0.100. The van der Waals surface area contributed by atoms with E-state index in [2.05, 4.69) is 187 Å². The first kappa shape index (κ1) is 28.8. The van der Waals surface area contributed by atoms with Crippen LogP contribution in [0.25, 0.3) is 0 Å². The molecule has 208 valence electrons. The predicted molar refractivity (Wildman–Crippen MR) is 176 cm³/mol. The van der Waals surface area contributed by atoms with Crippen LogP contribution in [0.4, 0.5) is 0 Å². The first-order valence-corrected chi connectivity index (χ1v) is 14.6. The highest BCUT2D eigenvalue weighted by Crippen LogP contribution is 2.45. The Hall–Kier alpha value is -4.76. The highest BCUT2D eigenvalue weighted by molar-refractivity contribution is 5.56. The van der Waals surface area contributed by atoms with Crippen LogP contribution in [0.15, 0.2) is 182 Å². The second kappa shape index (κ2) is 13.7. The van der Waals surface area contributed by atoms with Gasteiger partial charge in [0.1, 0.15) is 0 Å². The minimum atomic E-state index is -0.675. The minimum absolute atomic E-state index is 0.675. The zero-order chi connectivity index (χ0) is 29.1. The highest BCUT2D eigenvalue weighted by atomic mass is 15.1. The van der Waals surface area contributed by atoms with E-state index in [4.69, 9.17) is 5.73 Å². The lowest BCUT2D eigenvalue weighted by Gasteiger charge is -2.47. The number of nitrogens with one attached hydrogen (secondary N) is 1. The molecule has 0 aliphatic carbocycles. The highest BCUT2D eigenvalue weighted by Gasteiger charge is 2.46. The molecule has 2 heteroatoms. The van der Waals surface area contributed by atoms with E-state index in [0.717, 1.165) is 6.54 Å². The van der Waals surface area contributed by atoms with Crippen molar-refractivity contribution < 1.29 is 0 Å². The summed E-state index contributed by atoms with van der Waals surface area (Å²) in [6, 6.07) is 64.9. The molecule has 0 saturated heterocycles. The van der Waals surface area contributed by atoms with Crippen molar-refractivity contribution in [1.29, 1.82) is 0 Å². The standard InChI is InChI=1S/C38H31N.C2H7N/c1-7-19-31(20-8-1)37(32-21-9-2-10-22-32,33-23-11-3-12-24-33)39-38(34-25-13-4-14-26-34,35-27-15-5-16-28-35)36-29-17-6-18-30-36;1-2-3/h1-30,39H;2-3H2,1H3. The number of rotatable bonds is 8. The average molecular weight is 547 g/mol. The largest absolute Gasteiger partial charge is 0.331 e. The van der Waals surface area contributed by atoms with Gasteiger partial charge in [-0.15, -0.1) is 0 Å². The Balaban J connectivity index is 0.00000113. The molecule has 0 unspecified atom stereocenters. The predicted octanol–water partition coefficient (Wildman–Crippen LogP) is 8.53. The van der Waals surface area contributed by atoms with Crippen molar-refractivity contribution in [3.05, 3.63) is 215 Å². The summed E-state index contributed by atoms with van der Waals surface area (Å²) in [5.74, 6) is 0. The Kier molecular flexibility index (Phi) is 9.41. The van der Waals surface area contributed by atoms with Gasteiger partial charge in [0, 0.05) is 0 Å². The SMILES string of the molecule is CCN.c1ccc(C(NC(c2ccccc2)(c2ccccc2)c2ccccc2)(c2ccccc2)c2ccccc2)cc1. The molecular weight excluding hydrogens is 508 g/mol. The third kappa shape index (κ3) is 5.69. The van der Waals surface area contributed by atoms with Crippen LogP contribution in [0.2, 0.25) is 0 Å². The van der Waals surface area contributed by atoms with E-state index in [0.29, 0.717) is 0 Å². The molecule has 6 rings (SSSR count). The summed E-state index contributed by atoms with van der Waals surface area (Å²) in [6.45, 7) is 2.65. The van der Waals surface area contributed by atoms with Gasteiger partial charge in [0.15, 0.2) is 0 Å². The maximum atomic E-state index is 4.85. The summed E-state index contributed by atoms with van der Waals surface area (Å²) in [4.78, 5) is 0. The fourth-order valence-electron chi connectivity index (χ4n) is 5.84. The molecule has 0 fully saturated rings. The van der Waals surface area contributed by atoms with Crippen molar-refractivity contribution in [1.82, 2.24) is 5.32 Å². The molecule has 0 aliphatic heterocycles. The van der Waals surface area contributed by atoms with E-state index >= 15 is 0 Å². The second-order valence-electron chi connectivity index (χ2n) is 10.2. The second-order valence-corrected chi connectivity index (χ2v) is 10.2. The van der Waals surface area contributed by atoms with E-state index in [1.54, 1.807) is 0 Å². The maximum absolute atomic E-state index is 4.85. The van der Waals surface area contributed by atoms with E-state index in [-0.39, 0.29) is 0 Å². The third-order valence-corrected chi connectivity index (χ3v) is 7.62. The molecule has 3 N–H and O–H groups in total. The van der Waals surface area contributed by atoms with Crippen LogP contribution in [-0.4, -0.2) is 6.54 Å². The van der Waals surface area contributed by atoms with Gasteiger partial charge in [-0.1, -0.05) is 189 Å². The number of nitrogens with two attached hydrogens (primary N) is 1. The Morgan fingerprint density at radius 3 is 0.643 bits per heavy atom. The van der Waals surface area contributed by atoms with Crippen LogP contribution < -0.4 is 11.1 Å². The van der Waals surface area contributed by atoms with Crippen LogP contribution in [0.3, 0.4) is 0 Å². The number of hydrogen-bond acceptors (Lipinski definition) is 2. The zero-order valence-electron chi connectivity index (χ0n) is 24.1. The molecule has 42 heavy (non-hydrogen) atoms. The topological polar surface area (TPSA) is 38.0 Å². The van der Waals surface area contributed by atoms with Crippen molar-refractivity contribution in [3.8, 4) is 0 Å². The van der Waals surface area contributed by atoms with Crippen molar-refractivity contribution in [3.63, 3.8) is 0 Å². The maximum Gasteiger partial charge on any atom is 0.0959 e. The normalized spacial score (nSPS) is 11.3. The lowest BCUT2D eigenvalue weighted by atomic mass is 9.70. The van der Waals surface area contributed by atoms with Crippen LogP contribution in [0.1, 0.15) is 40.3 Å². The van der Waals surface area contributed by atoms with Gasteiger partial charge >= 0.3 is 0 Å². The summed E-state index contributed by atoms with van der Waals surface area (Å²) in [7, 11) is 0. The molecule has 6 aromatic carbocycles.